The van der Waals surface area contributed by atoms with Crippen LogP contribution in [0.2, 0.25) is 0 Å². The van der Waals surface area contributed by atoms with Gasteiger partial charge in [0.15, 0.2) is 0 Å². The molecule has 0 fully saturated rings. The zero-order valence-electron chi connectivity index (χ0n) is 7.49. The largest absolute Gasteiger partial charge is 0.384 e. The van der Waals surface area contributed by atoms with E-state index in [9.17, 15) is 8.78 Å². The van der Waals surface area contributed by atoms with Crippen molar-refractivity contribution in [3.8, 4) is 0 Å². The summed E-state index contributed by atoms with van der Waals surface area (Å²) in [7, 11) is 1.48. The molecule has 0 radical (unpaired) electrons. The fourth-order valence-electron chi connectivity index (χ4n) is 0.873. The second-order valence-corrected chi connectivity index (χ2v) is 2.38. The van der Waals surface area contributed by atoms with E-state index in [2.05, 4.69) is 11.3 Å². The molecule has 70 valence electrons. The first-order valence-electron chi connectivity index (χ1n) is 3.84. The number of rotatable bonds is 5. The van der Waals surface area contributed by atoms with Gasteiger partial charge in [-0.1, -0.05) is 13.5 Å². The van der Waals surface area contributed by atoms with E-state index in [4.69, 9.17) is 0 Å². The van der Waals surface area contributed by atoms with Gasteiger partial charge in [0, 0.05) is 19.1 Å². The van der Waals surface area contributed by atoms with Gasteiger partial charge in [0.05, 0.1) is 6.61 Å². The minimum absolute atomic E-state index is 0.0621. The first-order chi connectivity index (χ1) is 5.63. The van der Waals surface area contributed by atoms with E-state index in [1.807, 2.05) is 0 Å². The molecule has 0 bridgehead atoms. The van der Waals surface area contributed by atoms with Crippen LogP contribution in [0.4, 0.5) is 8.78 Å². The number of hydrogen-bond donors (Lipinski definition) is 0. The molecule has 0 amide bonds. The summed E-state index contributed by atoms with van der Waals surface area (Å²) in [6, 6.07) is 0. The molecule has 0 atom stereocenters. The van der Waals surface area contributed by atoms with Gasteiger partial charge in [0.25, 0.3) is 0 Å². The van der Waals surface area contributed by atoms with E-state index in [-0.39, 0.29) is 18.6 Å². The van der Waals surface area contributed by atoms with Crippen LogP contribution >= 0.6 is 0 Å². The van der Waals surface area contributed by atoms with Crippen LogP contribution in [-0.4, -0.2) is 13.7 Å². The average molecular weight is 176 g/mol. The lowest BCUT2D eigenvalue weighted by Gasteiger charge is -2.03. The molecule has 0 N–H and O–H groups in total. The van der Waals surface area contributed by atoms with Crippen LogP contribution in [0, 0.1) is 0 Å². The third kappa shape index (κ3) is 3.62. The second-order valence-electron chi connectivity index (χ2n) is 2.38. The van der Waals surface area contributed by atoms with Crippen molar-refractivity contribution in [1.29, 1.82) is 0 Å². The Morgan fingerprint density at radius 2 is 2.00 bits per heavy atom. The number of ether oxygens (including phenoxy) is 1. The molecule has 0 rings (SSSR count). The molecule has 0 saturated carbocycles. The second kappa shape index (κ2) is 5.89. The first-order valence-corrected chi connectivity index (χ1v) is 3.84. The third-order valence-electron chi connectivity index (χ3n) is 1.53. The summed E-state index contributed by atoms with van der Waals surface area (Å²) in [5.41, 5.74) is 0.0621. The van der Waals surface area contributed by atoms with Gasteiger partial charge in [-0.05, 0) is 6.42 Å². The Bertz CT molecular complexity index is 185. The molecule has 0 aromatic heterocycles. The molecule has 0 aliphatic heterocycles. The number of allylic oxidation sites excluding steroid dienone is 2. The summed E-state index contributed by atoms with van der Waals surface area (Å²) < 4.78 is 30.2. The van der Waals surface area contributed by atoms with E-state index in [0.29, 0.717) is 6.42 Å². The SMILES string of the molecule is C=C(F)/C(CC)=C(/F)CCOC. The number of halogens is 2. The first kappa shape index (κ1) is 11.3. The Morgan fingerprint density at radius 3 is 2.33 bits per heavy atom. The topological polar surface area (TPSA) is 9.23 Å². The van der Waals surface area contributed by atoms with Crippen LogP contribution in [-0.2, 0) is 4.74 Å². The van der Waals surface area contributed by atoms with Crippen LogP contribution in [0.1, 0.15) is 19.8 Å². The zero-order chi connectivity index (χ0) is 9.56. The standard InChI is InChI=1S/C9H14F2O/c1-4-8(7(2)10)9(11)5-6-12-3/h2,4-6H2,1,3H3/b9-8+. The van der Waals surface area contributed by atoms with Crippen molar-refractivity contribution in [3.05, 3.63) is 23.8 Å². The van der Waals surface area contributed by atoms with Gasteiger partial charge in [-0.3, -0.25) is 0 Å². The van der Waals surface area contributed by atoms with E-state index >= 15 is 0 Å². The highest BCUT2D eigenvalue weighted by Gasteiger charge is 2.07. The molecular weight excluding hydrogens is 162 g/mol. The fourth-order valence-corrected chi connectivity index (χ4v) is 0.873. The van der Waals surface area contributed by atoms with Crippen molar-refractivity contribution < 1.29 is 13.5 Å². The van der Waals surface area contributed by atoms with E-state index in [0.717, 1.165) is 0 Å². The monoisotopic (exact) mass is 176 g/mol. The number of methoxy groups -OCH3 is 1. The summed E-state index contributed by atoms with van der Waals surface area (Å²) in [6.45, 7) is 5.00. The molecule has 0 aromatic carbocycles. The molecule has 0 aliphatic carbocycles. The molecular formula is C9H14F2O. The minimum atomic E-state index is -0.689. The van der Waals surface area contributed by atoms with Gasteiger partial charge in [-0.15, -0.1) is 0 Å². The highest BCUT2D eigenvalue weighted by Crippen LogP contribution is 2.21. The maximum absolute atomic E-state index is 13.0. The Morgan fingerprint density at radius 1 is 1.42 bits per heavy atom. The van der Waals surface area contributed by atoms with Crippen molar-refractivity contribution in [1.82, 2.24) is 0 Å². The van der Waals surface area contributed by atoms with Gasteiger partial charge < -0.3 is 4.74 Å². The summed E-state index contributed by atoms with van der Waals surface area (Å²) >= 11 is 0. The molecule has 0 aliphatic rings. The Balaban J connectivity index is 4.27. The Hall–Kier alpha value is -0.700. The quantitative estimate of drug-likeness (QED) is 0.585. The van der Waals surface area contributed by atoms with Gasteiger partial charge in [0.1, 0.15) is 11.7 Å². The van der Waals surface area contributed by atoms with Crippen LogP contribution in [0.25, 0.3) is 0 Å². The maximum atomic E-state index is 13.0. The molecule has 0 saturated heterocycles. The van der Waals surface area contributed by atoms with E-state index in [1.54, 1.807) is 6.92 Å². The van der Waals surface area contributed by atoms with Crippen LogP contribution in [0.15, 0.2) is 23.8 Å². The van der Waals surface area contributed by atoms with E-state index < -0.39 is 11.7 Å². The Labute approximate surface area is 71.7 Å². The molecule has 0 unspecified atom stereocenters. The Kier molecular flexibility index (Phi) is 5.54. The van der Waals surface area contributed by atoms with Crippen molar-refractivity contribution in [2.75, 3.05) is 13.7 Å². The molecule has 0 spiro atoms. The minimum Gasteiger partial charge on any atom is -0.384 e. The van der Waals surface area contributed by atoms with Gasteiger partial charge in [0.2, 0.25) is 0 Å². The molecule has 3 heteroatoms. The van der Waals surface area contributed by atoms with Crippen molar-refractivity contribution in [2.45, 2.75) is 19.8 Å². The maximum Gasteiger partial charge on any atom is 0.121 e. The molecule has 12 heavy (non-hydrogen) atoms. The third-order valence-corrected chi connectivity index (χ3v) is 1.53. The van der Waals surface area contributed by atoms with Crippen LogP contribution in [0.3, 0.4) is 0 Å². The molecule has 0 aromatic rings. The predicted molar refractivity (Wildman–Crippen MR) is 45.2 cm³/mol. The van der Waals surface area contributed by atoms with E-state index in [1.165, 1.54) is 7.11 Å². The van der Waals surface area contributed by atoms with Gasteiger partial charge in [-0.2, -0.15) is 0 Å². The van der Waals surface area contributed by atoms with Gasteiger partial charge in [-0.25, -0.2) is 8.78 Å². The summed E-state index contributed by atoms with van der Waals surface area (Å²) in [4.78, 5) is 0. The van der Waals surface area contributed by atoms with Crippen molar-refractivity contribution >= 4 is 0 Å². The number of hydrogen-bond acceptors (Lipinski definition) is 1. The van der Waals surface area contributed by atoms with Gasteiger partial charge >= 0.3 is 0 Å². The lowest BCUT2D eigenvalue weighted by molar-refractivity contribution is 0.196. The highest BCUT2D eigenvalue weighted by atomic mass is 19.1. The zero-order valence-corrected chi connectivity index (χ0v) is 7.49. The normalized spacial score (nSPS) is 12.7. The van der Waals surface area contributed by atoms with Crippen LogP contribution in [0.5, 0.6) is 0 Å². The predicted octanol–water partition coefficient (Wildman–Crippen LogP) is 3.14. The fraction of sp³-hybridized carbons (Fsp3) is 0.556. The highest BCUT2D eigenvalue weighted by molar-refractivity contribution is 5.25. The smallest absolute Gasteiger partial charge is 0.121 e. The lowest BCUT2D eigenvalue weighted by Crippen LogP contribution is -1.93. The molecule has 0 heterocycles. The lowest BCUT2D eigenvalue weighted by atomic mass is 10.1. The molecule has 1 nitrogen and oxygen atoms in total. The van der Waals surface area contributed by atoms with Crippen molar-refractivity contribution in [3.63, 3.8) is 0 Å². The summed E-state index contributed by atoms with van der Waals surface area (Å²) in [5, 5.41) is 0. The van der Waals surface area contributed by atoms with Crippen LogP contribution < -0.4 is 0 Å². The summed E-state index contributed by atoms with van der Waals surface area (Å²) in [6.07, 6.45) is 0.438. The average Bonchev–Trinajstić information content (AvgIpc) is 2.01. The van der Waals surface area contributed by atoms with Crippen molar-refractivity contribution in [2.24, 2.45) is 0 Å². The summed E-state index contributed by atoms with van der Waals surface area (Å²) in [5.74, 6) is -1.15.